The first kappa shape index (κ1) is 13.3. The Kier molecular flexibility index (Phi) is 4.21. The molecule has 1 atom stereocenters. The van der Waals surface area contributed by atoms with E-state index in [-0.39, 0.29) is 16.3 Å². The first-order valence-electron chi connectivity index (χ1n) is 4.30. The fraction of sp³-hybridized carbons (Fsp3) is 0.300. The minimum absolute atomic E-state index is 0.109. The van der Waals surface area contributed by atoms with Crippen LogP contribution in [0.15, 0.2) is 18.2 Å². The molecule has 88 valence electrons. The predicted octanol–water partition coefficient (Wildman–Crippen LogP) is 3.91. The van der Waals surface area contributed by atoms with Gasteiger partial charge in [-0.05, 0) is 24.1 Å². The van der Waals surface area contributed by atoms with Gasteiger partial charge in [0.25, 0.3) is 0 Å². The topological polar surface area (TPSA) is 17.1 Å². The molecule has 1 aromatic rings. The van der Waals surface area contributed by atoms with Gasteiger partial charge in [0.1, 0.15) is 12.2 Å². The van der Waals surface area contributed by atoms with Gasteiger partial charge in [-0.1, -0.05) is 29.3 Å². The van der Waals surface area contributed by atoms with Crippen LogP contribution >= 0.6 is 23.2 Å². The van der Waals surface area contributed by atoms with Crippen LogP contribution in [0.4, 0.5) is 13.2 Å². The van der Waals surface area contributed by atoms with Gasteiger partial charge in [-0.2, -0.15) is 13.2 Å². The van der Waals surface area contributed by atoms with Crippen molar-refractivity contribution < 1.29 is 18.0 Å². The fourth-order valence-corrected chi connectivity index (χ4v) is 1.48. The van der Waals surface area contributed by atoms with Gasteiger partial charge in [0.05, 0.1) is 10.0 Å². The first-order valence-corrected chi connectivity index (χ1v) is 5.06. The lowest BCUT2D eigenvalue weighted by molar-refractivity contribution is -0.174. The summed E-state index contributed by atoms with van der Waals surface area (Å²) in [6, 6.07) is 4.14. The minimum atomic E-state index is -4.53. The van der Waals surface area contributed by atoms with E-state index in [1.54, 1.807) is 0 Å². The van der Waals surface area contributed by atoms with Crippen LogP contribution in [-0.2, 0) is 11.2 Å². The molecule has 1 aromatic carbocycles. The fourth-order valence-electron chi connectivity index (χ4n) is 1.16. The molecule has 0 aliphatic heterocycles. The van der Waals surface area contributed by atoms with Crippen molar-refractivity contribution in [3.8, 4) is 0 Å². The van der Waals surface area contributed by atoms with Gasteiger partial charge in [-0.15, -0.1) is 0 Å². The van der Waals surface area contributed by atoms with E-state index >= 15 is 0 Å². The summed E-state index contributed by atoms with van der Waals surface area (Å²) in [6.45, 7) is 0. The van der Waals surface area contributed by atoms with E-state index < -0.39 is 18.5 Å². The molecular weight excluding hydrogens is 264 g/mol. The van der Waals surface area contributed by atoms with Crippen LogP contribution < -0.4 is 0 Å². The van der Waals surface area contributed by atoms with Crippen molar-refractivity contribution in [2.24, 2.45) is 5.92 Å². The number of hydrogen-bond donors (Lipinski definition) is 0. The van der Waals surface area contributed by atoms with Crippen LogP contribution in [0.5, 0.6) is 0 Å². The Labute approximate surface area is 100 Å². The summed E-state index contributed by atoms with van der Waals surface area (Å²) in [4.78, 5) is 10.3. The van der Waals surface area contributed by atoms with Gasteiger partial charge in [-0.3, -0.25) is 0 Å². The number of halogens is 5. The zero-order valence-electron chi connectivity index (χ0n) is 7.89. The standard InChI is InChI=1S/C10H7Cl2F3O/c11-8-2-1-6(4-9(8)12)3-7(5-16)10(13,14)15/h1-2,4-5,7H,3H2/t7-/m1/s1. The highest BCUT2D eigenvalue weighted by Crippen LogP contribution is 2.29. The highest BCUT2D eigenvalue weighted by Gasteiger charge is 2.39. The van der Waals surface area contributed by atoms with Crippen LogP contribution in [-0.4, -0.2) is 12.5 Å². The van der Waals surface area contributed by atoms with Crippen LogP contribution in [0.2, 0.25) is 10.0 Å². The summed E-state index contributed by atoms with van der Waals surface area (Å²) in [5.41, 5.74) is 0.323. The number of benzene rings is 1. The third-order valence-electron chi connectivity index (χ3n) is 2.02. The van der Waals surface area contributed by atoms with E-state index in [1.165, 1.54) is 18.2 Å². The molecule has 0 aliphatic carbocycles. The van der Waals surface area contributed by atoms with E-state index in [4.69, 9.17) is 23.2 Å². The molecule has 0 unspecified atom stereocenters. The SMILES string of the molecule is O=C[C@@H](Cc1ccc(Cl)c(Cl)c1)C(F)(F)F. The van der Waals surface area contributed by atoms with Crippen LogP contribution in [0.1, 0.15) is 5.56 Å². The Morgan fingerprint density at radius 3 is 2.31 bits per heavy atom. The van der Waals surface area contributed by atoms with Gasteiger partial charge in [0, 0.05) is 0 Å². The van der Waals surface area contributed by atoms with E-state index in [0.717, 1.165) is 0 Å². The second kappa shape index (κ2) is 5.06. The summed E-state index contributed by atoms with van der Waals surface area (Å²) in [6.07, 6.45) is -5.07. The molecule has 0 radical (unpaired) electrons. The monoisotopic (exact) mass is 270 g/mol. The third kappa shape index (κ3) is 3.39. The average Bonchev–Trinajstić information content (AvgIpc) is 2.18. The van der Waals surface area contributed by atoms with Crippen molar-refractivity contribution in [1.82, 2.24) is 0 Å². The molecule has 0 aromatic heterocycles. The summed E-state index contributed by atoms with van der Waals surface area (Å²) in [7, 11) is 0. The van der Waals surface area contributed by atoms with Crippen molar-refractivity contribution in [3.05, 3.63) is 33.8 Å². The summed E-state index contributed by atoms with van der Waals surface area (Å²) < 4.78 is 36.9. The van der Waals surface area contributed by atoms with Crippen molar-refractivity contribution >= 4 is 29.5 Å². The van der Waals surface area contributed by atoms with Crippen molar-refractivity contribution in [2.75, 3.05) is 0 Å². The van der Waals surface area contributed by atoms with Crippen LogP contribution in [0.3, 0.4) is 0 Å². The van der Waals surface area contributed by atoms with E-state index in [0.29, 0.717) is 5.56 Å². The first-order chi connectivity index (χ1) is 7.34. The molecule has 0 heterocycles. The second-order valence-corrected chi connectivity index (χ2v) is 4.05. The molecule has 16 heavy (non-hydrogen) atoms. The van der Waals surface area contributed by atoms with Gasteiger partial charge in [0.15, 0.2) is 0 Å². The van der Waals surface area contributed by atoms with Gasteiger partial charge in [0.2, 0.25) is 0 Å². The summed E-state index contributed by atoms with van der Waals surface area (Å²) >= 11 is 11.3. The second-order valence-electron chi connectivity index (χ2n) is 3.24. The quantitative estimate of drug-likeness (QED) is 0.761. The Morgan fingerprint density at radius 2 is 1.88 bits per heavy atom. The third-order valence-corrected chi connectivity index (χ3v) is 2.76. The van der Waals surface area contributed by atoms with Gasteiger partial charge < -0.3 is 4.79 Å². The molecule has 6 heteroatoms. The van der Waals surface area contributed by atoms with Crippen molar-refractivity contribution in [1.29, 1.82) is 0 Å². The minimum Gasteiger partial charge on any atom is -0.303 e. The highest BCUT2D eigenvalue weighted by molar-refractivity contribution is 6.42. The summed E-state index contributed by atoms with van der Waals surface area (Å²) in [5.74, 6) is -2.01. The molecule has 0 saturated carbocycles. The molecule has 0 amide bonds. The van der Waals surface area contributed by atoms with Crippen molar-refractivity contribution in [2.45, 2.75) is 12.6 Å². The maximum Gasteiger partial charge on any atom is 0.398 e. The maximum absolute atomic E-state index is 12.3. The van der Waals surface area contributed by atoms with Crippen LogP contribution in [0, 0.1) is 5.92 Å². The Morgan fingerprint density at radius 1 is 1.25 bits per heavy atom. The number of alkyl halides is 3. The molecule has 0 N–H and O–H groups in total. The zero-order chi connectivity index (χ0) is 12.3. The molecule has 0 spiro atoms. The lowest BCUT2D eigenvalue weighted by Gasteiger charge is -2.14. The lowest BCUT2D eigenvalue weighted by Crippen LogP contribution is -2.26. The van der Waals surface area contributed by atoms with Gasteiger partial charge >= 0.3 is 6.18 Å². The molecule has 0 fully saturated rings. The number of carbonyl (C=O) groups is 1. The Hall–Kier alpha value is -0.740. The number of carbonyl (C=O) groups excluding carboxylic acids is 1. The smallest absolute Gasteiger partial charge is 0.303 e. The molecular formula is C10H7Cl2F3O. The molecule has 0 bridgehead atoms. The molecule has 1 nitrogen and oxygen atoms in total. The van der Waals surface area contributed by atoms with E-state index in [9.17, 15) is 18.0 Å². The number of rotatable bonds is 3. The molecule has 0 aliphatic rings. The van der Waals surface area contributed by atoms with Crippen LogP contribution in [0.25, 0.3) is 0 Å². The van der Waals surface area contributed by atoms with Crippen molar-refractivity contribution in [3.63, 3.8) is 0 Å². The van der Waals surface area contributed by atoms with Gasteiger partial charge in [-0.25, -0.2) is 0 Å². The lowest BCUT2D eigenvalue weighted by atomic mass is 10.0. The average molecular weight is 271 g/mol. The van der Waals surface area contributed by atoms with E-state index in [2.05, 4.69) is 0 Å². The number of aldehydes is 1. The van der Waals surface area contributed by atoms with E-state index in [1.807, 2.05) is 0 Å². The normalized spacial score (nSPS) is 13.6. The maximum atomic E-state index is 12.3. The Bertz CT molecular complexity index is 390. The zero-order valence-corrected chi connectivity index (χ0v) is 9.40. The Balaban J connectivity index is 2.87. The largest absolute Gasteiger partial charge is 0.398 e. The summed E-state index contributed by atoms with van der Waals surface area (Å²) in [5, 5.41) is 0.436. The molecule has 1 rings (SSSR count). The predicted molar refractivity (Wildman–Crippen MR) is 55.8 cm³/mol. The number of hydrogen-bond acceptors (Lipinski definition) is 1. The highest BCUT2D eigenvalue weighted by atomic mass is 35.5. The molecule has 0 saturated heterocycles.